The average Bonchev–Trinajstić information content (AvgIpc) is 2.74. The molecule has 15 heavy (non-hydrogen) atoms. The van der Waals surface area contributed by atoms with Crippen molar-refractivity contribution < 1.29 is 0 Å². The Labute approximate surface area is 101 Å². The molecular weight excluding hydrogens is 224 g/mol. The summed E-state index contributed by atoms with van der Waals surface area (Å²) in [5.74, 6) is 0.717. The van der Waals surface area contributed by atoms with E-state index in [0.29, 0.717) is 0 Å². The highest BCUT2D eigenvalue weighted by Crippen LogP contribution is 2.34. The van der Waals surface area contributed by atoms with Crippen molar-refractivity contribution in [1.82, 2.24) is 0 Å². The molecular formula is C13H17ClS. The highest BCUT2D eigenvalue weighted by atomic mass is 35.5. The van der Waals surface area contributed by atoms with Crippen molar-refractivity contribution in [2.45, 2.75) is 42.2 Å². The monoisotopic (exact) mass is 240 g/mol. The second-order valence-corrected chi connectivity index (χ2v) is 5.86. The lowest BCUT2D eigenvalue weighted by Gasteiger charge is -2.08. The SMILES string of the molecule is ClCCc1ccc(SC2CCCC2)cc1. The van der Waals surface area contributed by atoms with Gasteiger partial charge in [-0.1, -0.05) is 25.0 Å². The molecule has 0 radical (unpaired) electrons. The Morgan fingerprint density at radius 3 is 2.40 bits per heavy atom. The first kappa shape index (κ1) is 11.3. The predicted octanol–water partition coefficient (Wildman–Crippen LogP) is 4.50. The first-order chi connectivity index (χ1) is 7.38. The van der Waals surface area contributed by atoms with E-state index in [-0.39, 0.29) is 0 Å². The van der Waals surface area contributed by atoms with Gasteiger partial charge < -0.3 is 0 Å². The minimum absolute atomic E-state index is 0.717. The quantitative estimate of drug-likeness (QED) is 0.699. The summed E-state index contributed by atoms with van der Waals surface area (Å²) in [6.07, 6.45) is 6.61. The molecule has 0 aliphatic heterocycles. The lowest BCUT2D eigenvalue weighted by atomic mass is 10.2. The van der Waals surface area contributed by atoms with Gasteiger partial charge in [-0.25, -0.2) is 0 Å². The van der Waals surface area contributed by atoms with E-state index in [1.807, 2.05) is 11.8 Å². The standard InChI is InChI=1S/C13H17ClS/c14-10-9-11-5-7-13(8-6-11)15-12-3-1-2-4-12/h5-8,12H,1-4,9-10H2. The van der Waals surface area contributed by atoms with E-state index < -0.39 is 0 Å². The van der Waals surface area contributed by atoms with E-state index in [0.717, 1.165) is 17.6 Å². The van der Waals surface area contributed by atoms with Gasteiger partial charge in [-0.3, -0.25) is 0 Å². The van der Waals surface area contributed by atoms with Gasteiger partial charge in [-0.2, -0.15) is 0 Å². The van der Waals surface area contributed by atoms with Gasteiger partial charge in [0.05, 0.1) is 0 Å². The Morgan fingerprint density at radius 2 is 1.80 bits per heavy atom. The van der Waals surface area contributed by atoms with Crippen molar-refractivity contribution in [3.05, 3.63) is 29.8 Å². The van der Waals surface area contributed by atoms with Crippen LogP contribution in [0.1, 0.15) is 31.2 Å². The van der Waals surface area contributed by atoms with Crippen molar-refractivity contribution in [2.75, 3.05) is 5.88 Å². The molecule has 0 nitrogen and oxygen atoms in total. The van der Waals surface area contributed by atoms with Crippen LogP contribution in [0.3, 0.4) is 0 Å². The fourth-order valence-corrected chi connectivity index (χ4v) is 3.51. The third-order valence-electron chi connectivity index (χ3n) is 2.91. The molecule has 0 spiro atoms. The molecule has 82 valence electrons. The molecule has 0 bridgehead atoms. The number of aryl methyl sites for hydroxylation is 1. The first-order valence-corrected chi connectivity index (χ1v) is 7.11. The van der Waals surface area contributed by atoms with Crippen LogP contribution in [0, 0.1) is 0 Å². The van der Waals surface area contributed by atoms with Crippen molar-refractivity contribution in [1.29, 1.82) is 0 Å². The van der Waals surface area contributed by atoms with Gasteiger partial charge >= 0.3 is 0 Å². The van der Waals surface area contributed by atoms with Crippen LogP contribution >= 0.6 is 23.4 Å². The molecule has 1 saturated carbocycles. The molecule has 1 aromatic carbocycles. The van der Waals surface area contributed by atoms with Crippen LogP contribution in [0.4, 0.5) is 0 Å². The molecule has 0 atom stereocenters. The lowest BCUT2D eigenvalue weighted by Crippen LogP contribution is -1.93. The molecule has 1 aliphatic carbocycles. The summed E-state index contributed by atoms with van der Waals surface area (Å²) in [5.41, 5.74) is 1.35. The molecule has 2 heteroatoms. The summed E-state index contributed by atoms with van der Waals surface area (Å²) in [6.45, 7) is 0. The van der Waals surface area contributed by atoms with Crippen molar-refractivity contribution in [3.63, 3.8) is 0 Å². The molecule has 1 aliphatic rings. The van der Waals surface area contributed by atoms with Gasteiger partial charge in [0.15, 0.2) is 0 Å². The third kappa shape index (κ3) is 3.42. The average molecular weight is 241 g/mol. The van der Waals surface area contributed by atoms with Gasteiger partial charge in [0.2, 0.25) is 0 Å². The van der Waals surface area contributed by atoms with Crippen molar-refractivity contribution >= 4 is 23.4 Å². The second-order valence-electron chi connectivity index (χ2n) is 4.11. The molecule has 1 fully saturated rings. The van der Waals surface area contributed by atoms with Crippen molar-refractivity contribution in [2.24, 2.45) is 0 Å². The van der Waals surface area contributed by atoms with E-state index >= 15 is 0 Å². The number of hydrogen-bond acceptors (Lipinski definition) is 1. The van der Waals surface area contributed by atoms with E-state index in [9.17, 15) is 0 Å². The highest BCUT2D eigenvalue weighted by molar-refractivity contribution is 8.00. The Morgan fingerprint density at radius 1 is 1.13 bits per heavy atom. The van der Waals surface area contributed by atoms with Crippen LogP contribution < -0.4 is 0 Å². The largest absolute Gasteiger partial charge is 0.126 e. The second kappa shape index (κ2) is 5.81. The molecule has 0 N–H and O–H groups in total. The number of rotatable bonds is 4. The fourth-order valence-electron chi connectivity index (χ4n) is 2.04. The highest BCUT2D eigenvalue weighted by Gasteiger charge is 2.15. The minimum Gasteiger partial charge on any atom is -0.126 e. The van der Waals surface area contributed by atoms with Gasteiger partial charge in [-0.05, 0) is 37.0 Å². The number of halogens is 1. The Bertz CT molecular complexity index is 288. The van der Waals surface area contributed by atoms with Crippen LogP contribution in [0.25, 0.3) is 0 Å². The topological polar surface area (TPSA) is 0 Å². The number of alkyl halides is 1. The molecule has 0 unspecified atom stereocenters. The van der Waals surface area contributed by atoms with Crippen LogP contribution in [-0.2, 0) is 6.42 Å². The summed E-state index contributed by atoms with van der Waals surface area (Å²) in [5, 5.41) is 0.865. The van der Waals surface area contributed by atoms with Crippen LogP contribution in [-0.4, -0.2) is 11.1 Å². The summed E-state index contributed by atoms with van der Waals surface area (Å²) >= 11 is 7.75. The number of hydrogen-bond donors (Lipinski definition) is 0. The van der Waals surface area contributed by atoms with Crippen LogP contribution in [0.2, 0.25) is 0 Å². The smallest absolute Gasteiger partial charge is 0.0263 e. The van der Waals surface area contributed by atoms with Crippen LogP contribution in [0.5, 0.6) is 0 Å². The predicted molar refractivity (Wildman–Crippen MR) is 69.0 cm³/mol. The maximum Gasteiger partial charge on any atom is 0.0263 e. The van der Waals surface area contributed by atoms with E-state index in [4.69, 9.17) is 11.6 Å². The maximum absolute atomic E-state index is 5.71. The summed E-state index contributed by atoms with van der Waals surface area (Å²) in [6, 6.07) is 8.90. The van der Waals surface area contributed by atoms with Gasteiger partial charge in [0.1, 0.15) is 0 Å². The minimum atomic E-state index is 0.717. The number of thioether (sulfide) groups is 1. The zero-order valence-corrected chi connectivity index (χ0v) is 10.5. The molecule has 0 amide bonds. The number of benzene rings is 1. The Balaban J connectivity index is 1.91. The normalized spacial score (nSPS) is 17.1. The van der Waals surface area contributed by atoms with Gasteiger partial charge in [-0.15, -0.1) is 23.4 Å². The van der Waals surface area contributed by atoms with E-state index in [1.54, 1.807) is 0 Å². The zero-order chi connectivity index (χ0) is 10.5. The molecule has 1 aromatic rings. The van der Waals surface area contributed by atoms with Gasteiger partial charge in [0, 0.05) is 16.0 Å². The van der Waals surface area contributed by atoms with Crippen LogP contribution in [0.15, 0.2) is 29.2 Å². The molecule has 2 rings (SSSR count). The Kier molecular flexibility index (Phi) is 4.40. The van der Waals surface area contributed by atoms with E-state index in [2.05, 4.69) is 24.3 Å². The van der Waals surface area contributed by atoms with Crippen molar-refractivity contribution in [3.8, 4) is 0 Å². The maximum atomic E-state index is 5.71. The summed E-state index contributed by atoms with van der Waals surface area (Å²) in [7, 11) is 0. The van der Waals surface area contributed by atoms with E-state index in [1.165, 1.54) is 36.1 Å². The fraction of sp³-hybridized carbons (Fsp3) is 0.538. The Hall–Kier alpha value is -0.140. The molecule has 0 heterocycles. The molecule has 0 aromatic heterocycles. The molecule has 0 saturated heterocycles. The third-order valence-corrected chi connectivity index (χ3v) is 4.45. The zero-order valence-electron chi connectivity index (χ0n) is 8.92. The van der Waals surface area contributed by atoms with Gasteiger partial charge in [0.25, 0.3) is 0 Å². The first-order valence-electron chi connectivity index (χ1n) is 5.70. The lowest BCUT2D eigenvalue weighted by molar-refractivity contribution is 0.886. The summed E-state index contributed by atoms with van der Waals surface area (Å²) in [4.78, 5) is 1.42. The summed E-state index contributed by atoms with van der Waals surface area (Å²) < 4.78 is 0.